The molecule has 1 aromatic rings. The smallest absolute Gasteiger partial charge is 0.123 e. The molecule has 0 amide bonds. The Balaban J connectivity index is 2.21. The summed E-state index contributed by atoms with van der Waals surface area (Å²) >= 11 is 0. The standard InChI is InChI=1S/C10H11F/c1-7-6-10(7)8-2-4-9(11)5-3-8/h2-5,7,10H,6H2,1H3/t7-,10-/m0/s1. The zero-order valence-electron chi connectivity index (χ0n) is 6.55. The van der Waals surface area contributed by atoms with Gasteiger partial charge in [-0.3, -0.25) is 0 Å². The van der Waals surface area contributed by atoms with Crippen molar-refractivity contribution in [3.05, 3.63) is 35.6 Å². The van der Waals surface area contributed by atoms with E-state index >= 15 is 0 Å². The molecule has 2 rings (SSSR count). The van der Waals surface area contributed by atoms with Crippen LogP contribution in [0.4, 0.5) is 4.39 Å². The molecule has 0 unspecified atom stereocenters. The molecule has 2 atom stereocenters. The summed E-state index contributed by atoms with van der Waals surface area (Å²) in [7, 11) is 0. The van der Waals surface area contributed by atoms with Crippen LogP contribution in [0.2, 0.25) is 0 Å². The van der Waals surface area contributed by atoms with Gasteiger partial charge in [-0.2, -0.15) is 0 Å². The third kappa shape index (κ3) is 1.28. The first-order valence-corrected chi connectivity index (χ1v) is 4.03. The average Bonchev–Trinajstić information content (AvgIpc) is 2.69. The molecule has 1 fully saturated rings. The summed E-state index contributed by atoms with van der Waals surface area (Å²) in [5.74, 6) is 1.37. The Labute approximate surface area is 66.1 Å². The van der Waals surface area contributed by atoms with Gasteiger partial charge in [0.05, 0.1) is 0 Å². The summed E-state index contributed by atoms with van der Waals surface area (Å²) in [4.78, 5) is 0. The number of rotatable bonds is 1. The van der Waals surface area contributed by atoms with Crippen LogP contribution in [0.3, 0.4) is 0 Å². The summed E-state index contributed by atoms with van der Waals surface area (Å²) in [5, 5.41) is 0. The lowest BCUT2D eigenvalue weighted by atomic mass is 10.1. The number of hydrogen-bond donors (Lipinski definition) is 0. The first-order valence-electron chi connectivity index (χ1n) is 4.03. The first kappa shape index (κ1) is 6.84. The Kier molecular flexibility index (Phi) is 1.45. The van der Waals surface area contributed by atoms with Crippen molar-refractivity contribution in [3.8, 4) is 0 Å². The van der Waals surface area contributed by atoms with Crippen LogP contribution in [0.1, 0.15) is 24.8 Å². The normalized spacial score (nSPS) is 28.5. The second-order valence-corrected chi connectivity index (χ2v) is 3.37. The number of halogens is 1. The van der Waals surface area contributed by atoms with E-state index in [1.165, 1.54) is 12.0 Å². The van der Waals surface area contributed by atoms with Crippen LogP contribution in [0.5, 0.6) is 0 Å². The maximum atomic E-state index is 12.5. The van der Waals surface area contributed by atoms with Crippen molar-refractivity contribution in [1.29, 1.82) is 0 Å². The van der Waals surface area contributed by atoms with Gasteiger partial charge >= 0.3 is 0 Å². The Morgan fingerprint density at radius 1 is 1.27 bits per heavy atom. The predicted molar refractivity (Wildman–Crippen MR) is 42.9 cm³/mol. The molecule has 1 aliphatic carbocycles. The lowest BCUT2D eigenvalue weighted by molar-refractivity contribution is 0.627. The molecule has 0 heterocycles. The summed E-state index contributed by atoms with van der Waals surface area (Å²) < 4.78 is 12.5. The molecule has 58 valence electrons. The Bertz CT molecular complexity index is 250. The van der Waals surface area contributed by atoms with Crippen LogP contribution < -0.4 is 0 Å². The van der Waals surface area contributed by atoms with E-state index in [0.29, 0.717) is 5.92 Å². The van der Waals surface area contributed by atoms with Gasteiger partial charge in [-0.15, -0.1) is 0 Å². The molecule has 0 aliphatic heterocycles. The fourth-order valence-electron chi connectivity index (χ4n) is 1.50. The highest BCUT2D eigenvalue weighted by atomic mass is 19.1. The van der Waals surface area contributed by atoms with E-state index < -0.39 is 0 Å². The van der Waals surface area contributed by atoms with Crippen LogP contribution in [-0.2, 0) is 0 Å². The van der Waals surface area contributed by atoms with Crippen LogP contribution in [0.25, 0.3) is 0 Å². The highest BCUT2D eigenvalue weighted by molar-refractivity contribution is 5.25. The Morgan fingerprint density at radius 2 is 1.82 bits per heavy atom. The maximum absolute atomic E-state index is 12.5. The molecule has 0 bridgehead atoms. The Hall–Kier alpha value is -0.850. The molecule has 1 heteroatoms. The van der Waals surface area contributed by atoms with E-state index in [-0.39, 0.29) is 5.82 Å². The van der Waals surface area contributed by atoms with E-state index in [4.69, 9.17) is 0 Å². The summed E-state index contributed by atoms with van der Waals surface area (Å²) in [6, 6.07) is 6.87. The minimum Gasteiger partial charge on any atom is -0.207 e. The molecule has 1 saturated carbocycles. The van der Waals surface area contributed by atoms with Gasteiger partial charge in [-0.05, 0) is 36.0 Å². The first-order chi connectivity index (χ1) is 5.27. The van der Waals surface area contributed by atoms with E-state index in [2.05, 4.69) is 6.92 Å². The predicted octanol–water partition coefficient (Wildman–Crippen LogP) is 2.95. The van der Waals surface area contributed by atoms with Gasteiger partial charge < -0.3 is 0 Å². The van der Waals surface area contributed by atoms with E-state index in [9.17, 15) is 4.39 Å². The SMILES string of the molecule is C[C@H]1C[C@@H]1c1ccc(F)cc1. The van der Waals surface area contributed by atoms with Gasteiger partial charge in [0.15, 0.2) is 0 Å². The molecule has 0 N–H and O–H groups in total. The van der Waals surface area contributed by atoms with Crippen LogP contribution in [0, 0.1) is 11.7 Å². The van der Waals surface area contributed by atoms with Gasteiger partial charge in [-0.1, -0.05) is 19.1 Å². The highest BCUT2D eigenvalue weighted by Gasteiger charge is 2.33. The largest absolute Gasteiger partial charge is 0.207 e. The van der Waals surface area contributed by atoms with E-state index in [1.807, 2.05) is 12.1 Å². The summed E-state index contributed by atoms with van der Waals surface area (Å²) in [5.41, 5.74) is 1.29. The summed E-state index contributed by atoms with van der Waals surface area (Å²) in [6.07, 6.45) is 1.27. The zero-order valence-corrected chi connectivity index (χ0v) is 6.55. The van der Waals surface area contributed by atoms with Gasteiger partial charge in [0.25, 0.3) is 0 Å². The average molecular weight is 150 g/mol. The molecule has 1 aliphatic rings. The molecular weight excluding hydrogens is 139 g/mol. The van der Waals surface area contributed by atoms with Gasteiger partial charge in [0.2, 0.25) is 0 Å². The third-order valence-corrected chi connectivity index (χ3v) is 2.41. The fourth-order valence-corrected chi connectivity index (χ4v) is 1.50. The van der Waals surface area contributed by atoms with Gasteiger partial charge in [0, 0.05) is 0 Å². The van der Waals surface area contributed by atoms with Crippen molar-refractivity contribution in [2.24, 2.45) is 5.92 Å². The molecule has 0 nitrogen and oxygen atoms in total. The van der Waals surface area contributed by atoms with E-state index in [1.54, 1.807) is 12.1 Å². The van der Waals surface area contributed by atoms with Crippen molar-refractivity contribution >= 4 is 0 Å². The topological polar surface area (TPSA) is 0 Å². The van der Waals surface area contributed by atoms with Gasteiger partial charge in [0.1, 0.15) is 5.82 Å². The van der Waals surface area contributed by atoms with Crippen molar-refractivity contribution < 1.29 is 4.39 Å². The highest BCUT2D eigenvalue weighted by Crippen LogP contribution is 2.46. The minimum atomic E-state index is -0.137. The minimum absolute atomic E-state index is 0.137. The number of hydrogen-bond acceptors (Lipinski definition) is 0. The molecular formula is C10H11F. The van der Waals surface area contributed by atoms with Gasteiger partial charge in [-0.25, -0.2) is 4.39 Å². The van der Waals surface area contributed by atoms with Crippen molar-refractivity contribution in [3.63, 3.8) is 0 Å². The number of benzene rings is 1. The Morgan fingerprint density at radius 3 is 2.27 bits per heavy atom. The third-order valence-electron chi connectivity index (χ3n) is 2.41. The second kappa shape index (κ2) is 2.33. The molecule has 0 saturated heterocycles. The molecule has 0 radical (unpaired) electrons. The van der Waals surface area contributed by atoms with E-state index in [0.717, 1.165) is 5.92 Å². The fraction of sp³-hybridized carbons (Fsp3) is 0.400. The maximum Gasteiger partial charge on any atom is 0.123 e. The molecule has 11 heavy (non-hydrogen) atoms. The zero-order chi connectivity index (χ0) is 7.84. The quantitative estimate of drug-likeness (QED) is 0.577. The summed E-state index contributed by atoms with van der Waals surface area (Å²) in [6.45, 7) is 2.23. The lowest BCUT2D eigenvalue weighted by Gasteiger charge is -1.96. The van der Waals surface area contributed by atoms with Crippen molar-refractivity contribution in [1.82, 2.24) is 0 Å². The molecule has 0 aromatic heterocycles. The molecule has 1 aromatic carbocycles. The van der Waals surface area contributed by atoms with Crippen LogP contribution in [-0.4, -0.2) is 0 Å². The van der Waals surface area contributed by atoms with Crippen molar-refractivity contribution in [2.75, 3.05) is 0 Å². The second-order valence-electron chi connectivity index (χ2n) is 3.37. The van der Waals surface area contributed by atoms with Crippen LogP contribution in [0.15, 0.2) is 24.3 Å². The monoisotopic (exact) mass is 150 g/mol. The lowest BCUT2D eigenvalue weighted by Crippen LogP contribution is -1.80. The van der Waals surface area contributed by atoms with Crippen molar-refractivity contribution in [2.45, 2.75) is 19.3 Å². The van der Waals surface area contributed by atoms with Crippen LogP contribution >= 0.6 is 0 Å². The molecule has 0 spiro atoms.